The summed E-state index contributed by atoms with van der Waals surface area (Å²) in [6.45, 7) is 5.41. The molecular formula is C14H22N4. The van der Waals surface area contributed by atoms with Gasteiger partial charge in [0.15, 0.2) is 0 Å². The normalized spacial score (nSPS) is 58.7. The molecule has 2 saturated carbocycles. The van der Waals surface area contributed by atoms with Crippen molar-refractivity contribution in [1.29, 1.82) is 0 Å². The molecule has 6 aliphatic rings. The summed E-state index contributed by atoms with van der Waals surface area (Å²) in [6.07, 6.45) is 5.75. The molecule has 4 saturated heterocycles. The van der Waals surface area contributed by atoms with Crippen LogP contribution in [0.15, 0.2) is 0 Å². The molecule has 4 heteroatoms. The standard InChI is InChI=1S/C14H22N4/c1-3-15-9-7-11-14-12(18-6-2-5-17(11)18)8-10(13(9)14)16(15)4-1/h9-14H,1-8H2. The fraction of sp³-hybridized carbons (Fsp3) is 1.00. The van der Waals surface area contributed by atoms with Crippen LogP contribution in [0.3, 0.4) is 0 Å². The second-order valence-electron chi connectivity index (χ2n) is 7.25. The highest BCUT2D eigenvalue weighted by Gasteiger charge is 2.69. The summed E-state index contributed by atoms with van der Waals surface area (Å²) < 4.78 is 0. The fourth-order valence-electron chi connectivity index (χ4n) is 6.67. The Balaban J connectivity index is 1.46. The Morgan fingerprint density at radius 3 is 1.17 bits per heavy atom. The molecule has 4 atom stereocenters. The van der Waals surface area contributed by atoms with E-state index in [1.165, 1.54) is 51.9 Å². The van der Waals surface area contributed by atoms with Gasteiger partial charge in [-0.05, 0) is 37.5 Å². The zero-order valence-electron chi connectivity index (χ0n) is 10.9. The van der Waals surface area contributed by atoms with Crippen molar-refractivity contribution in [3.8, 4) is 0 Å². The smallest absolute Gasteiger partial charge is 0.0309 e. The van der Waals surface area contributed by atoms with Crippen molar-refractivity contribution in [2.24, 2.45) is 11.8 Å². The second kappa shape index (κ2) is 2.95. The zero-order chi connectivity index (χ0) is 11.4. The van der Waals surface area contributed by atoms with E-state index in [-0.39, 0.29) is 0 Å². The van der Waals surface area contributed by atoms with Crippen LogP contribution in [0.2, 0.25) is 0 Å². The molecule has 2 aliphatic carbocycles. The van der Waals surface area contributed by atoms with Gasteiger partial charge in [0.25, 0.3) is 0 Å². The Bertz CT molecular complexity index is 343. The summed E-state index contributed by atoms with van der Waals surface area (Å²) in [7, 11) is 0. The van der Waals surface area contributed by atoms with Crippen LogP contribution in [0.25, 0.3) is 0 Å². The average Bonchev–Trinajstić information content (AvgIpc) is 3.12. The highest BCUT2D eigenvalue weighted by Crippen LogP contribution is 2.60. The van der Waals surface area contributed by atoms with E-state index in [9.17, 15) is 0 Å². The molecule has 18 heavy (non-hydrogen) atoms. The van der Waals surface area contributed by atoms with Crippen LogP contribution in [-0.2, 0) is 0 Å². The SMILES string of the molecule is C1CN2C3CC4C5C3C(CC5N3CCCN43)N2C1. The monoisotopic (exact) mass is 246 g/mol. The highest BCUT2D eigenvalue weighted by atomic mass is 15.7. The van der Waals surface area contributed by atoms with Crippen molar-refractivity contribution in [2.75, 3.05) is 26.2 Å². The van der Waals surface area contributed by atoms with Crippen molar-refractivity contribution in [2.45, 2.75) is 49.9 Å². The summed E-state index contributed by atoms with van der Waals surface area (Å²) in [5.74, 6) is 2.04. The van der Waals surface area contributed by atoms with Crippen LogP contribution < -0.4 is 0 Å². The molecule has 0 radical (unpaired) electrons. The van der Waals surface area contributed by atoms with Gasteiger partial charge in [0, 0.05) is 50.3 Å². The van der Waals surface area contributed by atoms with Crippen LogP contribution in [0.4, 0.5) is 0 Å². The fourth-order valence-corrected chi connectivity index (χ4v) is 6.67. The van der Waals surface area contributed by atoms with E-state index in [1.54, 1.807) is 0 Å². The lowest BCUT2D eigenvalue weighted by molar-refractivity contribution is -0.0272. The minimum Gasteiger partial charge on any atom is -0.238 e. The first-order valence-corrected chi connectivity index (χ1v) is 8.00. The van der Waals surface area contributed by atoms with E-state index in [0.29, 0.717) is 0 Å². The first-order valence-electron chi connectivity index (χ1n) is 8.00. The van der Waals surface area contributed by atoms with Gasteiger partial charge in [0.1, 0.15) is 0 Å². The van der Waals surface area contributed by atoms with Crippen molar-refractivity contribution in [1.82, 2.24) is 20.0 Å². The molecule has 0 bridgehead atoms. The molecule has 0 amide bonds. The second-order valence-corrected chi connectivity index (χ2v) is 7.25. The summed E-state index contributed by atoms with van der Waals surface area (Å²) in [5, 5.41) is 11.1. The number of hydrogen-bond acceptors (Lipinski definition) is 4. The van der Waals surface area contributed by atoms with Crippen LogP contribution >= 0.6 is 0 Å². The minimum atomic E-state index is 0.917. The summed E-state index contributed by atoms with van der Waals surface area (Å²) in [4.78, 5) is 0. The number of nitrogens with zero attached hydrogens (tertiary/aromatic N) is 4. The lowest BCUT2D eigenvalue weighted by Crippen LogP contribution is -2.44. The van der Waals surface area contributed by atoms with Crippen molar-refractivity contribution < 1.29 is 0 Å². The molecule has 6 fully saturated rings. The quantitative estimate of drug-likeness (QED) is 0.612. The Hall–Kier alpha value is -0.160. The Morgan fingerprint density at radius 1 is 0.500 bits per heavy atom. The van der Waals surface area contributed by atoms with E-state index >= 15 is 0 Å². The van der Waals surface area contributed by atoms with Gasteiger partial charge >= 0.3 is 0 Å². The predicted octanol–water partition coefficient (Wildman–Crippen LogP) is 0.373. The number of fused-ring (bicyclic) bond motifs is 6. The highest BCUT2D eigenvalue weighted by molar-refractivity contribution is 5.20. The van der Waals surface area contributed by atoms with Gasteiger partial charge < -0.3 is 0 Å². The molecule has 0 spiro atoms. The summed E-state index contributed by atoms with van der Waals surface area (Å²) >= 11 is 0. The maximum atomic E-state index is 2.78. The number of hydrazine groups is 2. The third kappa shape index (κ3) is 0.856. The Labute approximate surface area is 108 Å². The van der Waals surface area contributed by atoms with Gasteiger partial charge in [-0.3, -0.25) is 0 Å². The van der Waals surface area contributed by atoms with Crippen molar-refractivity contribution in [3.05, 3.63) is 0 Å². The molecule has 0 N–H and O–H groups in total. The largest absolute Gasteiger partial charge is 0.238 e. The first-order chi connectivity index (χ1) is 8.93. The van der Waals surface area contributed by atoms with E-state index in [2.05, 4.69) is 20.0 Å². The van der Waals surface area contributed by atoms with Crippen molar-refractivity contribution >= 4 is 0 Å². The van der Waals surface area contributed by atoms with Gasteiger partial charge in [-0.25, -0.2) is 20.0 Å². The molecular weight excluding hydrogens is 224 g/mol. The Morgan fingerprint density at radius 2 is 0.833 bits per heavy atom. The molecule has 4 unspecified atom stereocenters. The van der Waals surface area contributed by atoms with Gasteiger partial charge in [-0.15, -0.1) is 0 Å². The predicted molar refractivity (Wildman–Crippen MR) is 67.4 cm³/mol. The van der Waals surface area contributed by atoms with E-state index in [1.807, 2.05) is 0 Å². The summed E-state index contributed by atoms with van der Waals surface area (Å²) in [5.41, 5.74) is 0. The van der Waals surface area contributed by atoms with Gasteiger partial charge in [-0.1, -0.05) is 0 Å². The molecule has 4 heterocycles. The third-order valence-electron chi connectivity index (χ3n) is 6.93. The van der Waals surface area contributed by atoms with Crippen LogP contribution in [0.1, 0.15) is 25.7 Å². The molecule has 0 aromatic rings. The topological polar surface area (TPSA) is 13.0 Å². The van der Waals surface area contributed by atoms with Crippen molar-refractivity contribution in [3.63, 3.8) is 0 Å². The maximum Gasteiger partial charge on any atom is 0.0309 e. The maximum absolute atomic E-state index is 2.78. The zero-order valence-corrected chi connectivity index (χ0v) is 10.9. The van der Waals surface area contributed by atoms with Crippen LogP contribution in [0.5, 0.6) is 0 Å². The van der Waals surface area contributed by atoms with E-state index in [0.717, 1.165) is 36.0 Å². The summed E-state index contributed by atoms with van der Waals surface area (Å²) in [6, 6.07) is 3.67. The molecule has 4 aliphatic heterocycles. The minimum absolute atomic E-state index is 0.917. The lowest BCUT2D eigenvalue weighted by Gasteiger charge is -2.33. The Kier molecular flexibility index (Phi) is 1.59. The lowest BCUT2D eigenvalue weighted by atomic mass is 9.93. The third-order valence-corrected chi connectivity index (χ3v) is 6.93. The van der Waals surface area contributed by atoms with Crippen LogP contribution in [0, 0.1) is 11.8 Å². The molecule has 0 aromatic carbocycles. The van der Waals surface area contributed by atoms with E-state index < -0.39 is 0 Å². The van der Waals surface area contributed by atoms with Gasteiger partial charge in [-0.2, -0.15) is 0 Å². The molecule has 6 rings (SSSR count). The van der Waals surface area contributed by atoms with Gasteiger partial charge in [0.05, 0.1) is 0 Å². The molecule has 0 aromatic heterocycles. The van der Waals surface area contributed by atoms with Crippen LogP contribution in [-0.4, -0.2) is 70.4 Å². The van der Waals surface area contributed by atoms with Gasteiger partial charge in [0.2, 0.25) is 0 Å². The molecule has 98 valence electrons. The molecule has 4 nitrogen and oxygen atoms in total. The number of rotatable bonds is 0. The average molecular weight is 246 g/mol. The van der Waals surface area contributed by atoms with E-state index in [4.69, 9.17) is 0 Å². The number of hydrogen-bond donors (Lipinski definition) is 0. The first kappa shape index (κ1) is 9.70.